The molecule has 0 radical (unpaired) electrons. The third-order valence-electron chi connectivity index (χ3n) is 4.70. The van der Waals surface area contributed by atoms with Gasteiger partial charge in [-0.15, -0.1) is 0 Å². The van der Waals surface area contributed by atoms with E-state index in [-0.39, 0.29) is 48.9 Å². The summed E-state index contributed by atoms with van der Waals surface area (Å²) in [7, 11) is 0. The van der Waals surface area contributed by atoms with Crippen LogP contribution in [-0.2, 0) is 20.9 Å². The Bertz CT molecular complexity index is 660. The molecule has 0 saturated carbocycles. The highest BCUT2D eigenvalue weighted by Crippen LogP contribution is 2.21. The lowest BCUT2D eigenvalue weighted by Gasteiger charge is -2.34. The maximum absolute atomic E-state index is 13.1. The number of nitrogens with two attached hydrogens (primary N) is 1. The molecule has 6 nitrogen and oxygen atoms in total. The summed E-state index contributed by atoms with van der Waals surface area (Å²) in [6.07, 6.45) is 0.300. The topological polar surface area (TPSA) is 83.7 Å². The maximum atomic E-state index is 13.1. The summed E-state index contributed by atoms with van der Waals surface area (Å²) in [6.45, 7) is 5.15. The van der Waals surface area contributed by atoms with E-state index < -0.39 is 5.91 Å². The minimum absolute atomic E-state index is 0.00885. The van der Waals surface area contributed by atoms with Gasteiger partial charge in [-0.05, 0) is 23.6 Å². The molecule has 142 valence electrons. The molecule has 0 spiro atoms. The van der Waals surface area contributed by atoms with Crippen molar-refractivity contribution in [3.8, 4) is 0 Å². The molecule has 26 heavy (non-hydrogen) atoms. The first kappa shape index (κ1) is 19.9. The summed E-state index contributed by atoms with van der Waals surface area (Å²) >= 11 is 0. The second-order valence-corrected chi connectivity index (χ2v) is 7.02. The first-order chi connectivity index (χ1) is 12.3. The second kappa shape index (κ2) is 8.78. The number of benzene rings is 1. The SMILES string of the molecule is CC(C)[C@H]1CN(C(=O)CCC(N)=O)CCC(=O)N1Cc1ccc(F)cc1. The zero-order valence-electron chi connectivity index (χ0n) is 15.3. The van der Waals surface area contributed by atoms with E-state index >= 15 is 0 Å². The third kappa shape index (κ3) is 5.28. The summed E-state index contributed by atoms with van der Waals surface area (Å²) in [6, 6.07) is 5.94. The molecule has 2 N–H and O–H groups in total. The van der Waals surface area contributed by atoms with Crippen LogP contribution >= 0.6 is 0 Å². The van der Waals surface area contributed by atoms with Crippen LogP contribution in [0, 0.1) is 11.7 Å². The van der Waals surface area contributed by atoms with E-state index in [2.05, 4.69) is 0 Å². The number of rotatable bonds is 6. The van der Waals surface area contributed by atoms with E-state index in [1.165, 1.54) is 12.1 Å². The Labute approximate surface area is 153 Å². The van der Waals surface area contributed by atoms with E-state index in [4.69, 9.17) is 5.73 Å². The zero-order chi connectivity index (χ0) is 19.3. The second-order valence-electron chi connectivity index (χ2n) is 7.02. The van der Waals surface area contributed by atoms with Crippen LogP contribution in [-0.4, -0.2) is 46.7 Å². The van der Waals surface area contributed by atoms with Crippen LogP contribution in [0.15, 0.2) is 24.3 Å². The van der Waals surface area contributed by atoms with Crippen molar-refractivity contribution < 1.29 is 18.8 Å². The van der Waals surface area contributed by atoms with Gasteiger partial charge in [-0.3, -0.25) is 14.4 Å². The lowest BCUT2D eigenvalue weighted by Crippen LogP contribution is -2.47. The molecule has 0 unspecified atom stereocenters. The number of primary amides is 1. The van der Waals surface area contributed by atoms with Crippen LogP contribution in [0.3, 0.4) is 0 Å². The summed E-state index contributed by atoms with van der Waals surface area (Å²) in [4.78, 5) is 39.4. The van der Waals surface area contributed by atoms with E-state index in [9.17, 15) is 18.8 Å². The highest BCUT2D eigenvalue weighted by Gasteiger charge is 2.33. The van der Waals surface area contributed by atoms with Gasteiger partial charge in [0.15, 0.2) is 0 Å². The molecule has 3 amide bonds. The molecule has 1 aromatic rings. The Morgan fingerprint density at radius 3 is 2.46 bits per heavy atom. The van der Waals surface area contributed by atoms with Crippen molar-refractivity contribution in [2.75, 3.05) is 13.1 Å². The van der Waals surface area contributed by atoms with Crippen molar-refractivity contribution in [3.63, 3.8) is 0 Å². The largest absolute Gasteiger partial charge is 0.370 e. The van der Waals surface area contributed by atoms with Gasteiger partial charge in [-0.1, -0.05) is 26.0 Å². The number of amides is 3. The highest BCUT2D eigenvalue weighted by atomic mass is 19.1. The lowest BCUT2D eigenvalue weighted by atomic mass is 10.0. The molecule has 1 aromatic carbocycles. The van der Waals surface area contributed by atoms with Gasteiger partial charge in [-0.2, -0.15) is 0 Å². The Morgan fingerprint density at radius 2 is 1.88 bits per heavy atom. The minimum atomic E-state index is -0.511. The van der Waals surface area contributed by atoms with Crippen molar-refractivity contribution in [1.82, 2.24) is 9.80 Å². The Morgan fingerprint density at radius 1 is 1.23 bits per heavy atom. The Balaban J connectivity index is 2.15. The van der Waals surface area contributed by atoms with Crippen LogP contribution in [0.5, 0.6) is 0 Å². The lowest BCUT2D eigenvalue weighted by molar-refractivity contribution is -0.134. The molecule has 1 fully saturated rings. The van der Waals surface area contributed by atoms with Crippen molar-refractivity contribution in [2.45, 2.75) is 45.7 Å². The van der Waals surface area contributed by atoms with Gasteiger partial charge in [0.2, 0.25) is 17.7 Å². The number of carbonyl (C=O) groups excluding carboxylic acids is 3. The van der Waals surface area contributed by atoms with Gasteiger partial charge in [0, 0.05) is 38.9 Å². The summed E-state index contributed by atoms with van der Waals surface area (Å²) in [5, 5.41) is 0. The summed E-state index contributed by atoms with van der Waals surface area (Å²) < 4.78 is 13.1. The van der Waals surface area contributed by atoms with Gasteiger partial charge in [0.25, 0.3) is 0 Å². The number of hydrogen-bond donors (Lipinski definition) is 1. The molecule has 1 aliphatic rings. The van der Waals surface area contributed by atoms with Gasteiger partial charge in [-0.25, -0.2) is 4.39 Å². The van der Waals surface area contributed by atoms with E-state index in [1.54, 1.807) is 21.9 Å². The monoisotopic (exact) mass is 363 g/mol. The van der Waals surface area contributed by atoms with E-state index in [1.807, 2.05) is 13.8 Å². The Hall–Kier alpha value is -2.44. The molecule has 1 saturated heterocycles. The van der Waals surface area contributed by atoms with Crippen LogP contribution < -0.4 is 5.73 Å². The van der Waals surface area contributed by atoms with E-state index in [0.717, 1.165) is 5.56 Å². The first-order valence-corrected chi connectivity index (χ1v) is 8.88. The number of nitrogens with zero attached hydrogens (tertiary/aromatic N) is 2. The molecular formula is C19H26FN3O3. The molecule has 2 rings (SSSR count). The average Bonchev–Trinajstić information content (AvgIpc) is 2.75. The molecule has 0 aliphatic carbocycles. The van der Waals surface area contributed by atoms with Crippen LogP contribution in [0.25, 0.3) is 0 Å². The number of hydrogen-bond acceptors (Lipinski definition) is 3. The number of halogens is 1. The zero-order valence-corrected chi connectivity index (χ0v) is 15.3. The van der Waals surface area contributed by atoms with Crippen LogP contribution in [0.4, 0.5) is 4.39 Å². The molecule has 1 atom stereocenters. The van der Waals surface area contributed by atoms with Crippen molar-refractivity contribution in [2.24, 2.45) is 11.7 Å². The standard InChI is InChI=1S/C19H26FN3O3/c1-13(2)16-12-22(18(25)8-7-17(21)24)10-9-19(26)23(16)11-14-3-5-15(20)6-4-14/h3-6,13,16H,7-12H2,1-2H3,(H2,21,24)/t16-/m1/s1. The summed E-state index contributed by atoms with van der Waals surface area (Å²) in [5.41, 5.74) is 5.96. The normalized spacial score (nSPS) is 18.2. The van der Waals surface area contributed by atoms with Gasteiger partial charge in [0.05, 0.1) is 6.04 Å². The third-order valence-corrected chi connectivity index (χ3v) is 4.70. The molecular weight excluding hydrogens is 337 g/mol. The maximum Gasteiger partial charge on any atom is 0.224 e. The minimum Gasteiger partial charge on any atom is -0.370 e. The smallest absolute Gasteiger partial charge is 0.224 e. The van der Waals surface area contributed by atoms with Crippen molar-refractivity contribution >= 4 is 17.7 Å². The molecule has 1 aliphatic heterocycles. The fraction of sp³-hybridized carbons (Fsp3) is 0.526. The highest BCUT2D eigenvalue weighted by molar-refractivity contribution is 5.84. The van der Waals surface area contributed by atoms with Crippen LogP contribution in [0.2, 0.25) is 0 Å². The van der Waals surface area contributed by atoms with Gasteiger partial charge in [0.1, 0.15) is 5.82 Å². The average molecular weight is 363 g/mol. The Kier molecular flexibility index (Phi) is 6.71. The fourth-order valence-corrected chi connectivity index (χ4v) is 3.15. The quantitative estimate of drug-likeness (QED) is 0.835. The van der Waals surface area contributed by atoms with Crippen molar-refractivity contribution in [3.05, 3.63) is 35.6 Å². The fourth-order valence-electron chi connectivity index (χ4n) is 3.15. The number of carbonyl (C=O) groups is 3. The predicted molar refractivity (Wildman–Crippen MR) is 95.2 cm³/mol. The van der Waals surface area contributed by atoms with Gasteiger partial charge < -0.3 is 15.5 Å². The summed E-state index contributed by atoms with van der Waals surface area (Å²) in [5.74, 6) is -0.877. The molecule has 1 heterocycles. The van der Waals surface area contributed by atoms with Gasteiger partial charge >= 0.3 is 0 Å². The molecule has 0 bridgehead atoms. The van der Waals surface area contributed by atoms with E-state index in [0.29, 0.717) is 19.6 Å². The molecule has 0 aromatic heterocycles. The molecule has 7 heteroatoms. The predicted octanol–water partition coefficient (Wildman–Crippen LogP) is 1.68. The van der Waals surface area contributed by atoms with Crippen molar-refractivity contribution in [1.29, 1.82) is 0 Å². The van der Waals surface area contributed by atoms with Crippen LogP contribution in [0.1, 0.15) is 38.7 Å². The first-order valence-electron chi connectivity index (χ1n) is 8.88.